The molecule has 0 aliphatic carbocycles. The second kappa shape index (κ2) is 7.16. The van der Waals surface area contributed by atoms with E-state index in [1.54, 1.807) is 24.5 Å². The van der Waals surface area contributed by atoms with Gasteiger partial charge < -0.3 is 14.6 Å². The summed E-state index contributed by atoms with van der Waals surface area (Å²) in [6, 6.07) is 7.06. The van der Waals surface area contributed by atoms with E-state index in [0.717, 1.165) is 14.6 Å². The van der Waals surface area contributed by atoms with Gasteiger partial charge in [0.1, 0.15) is 5.52 Å². The zero-order chi connectivity index (χ0) is 17.3. The van der Waals surface area contributed by atoms with Gasteiger partial charge in [-0.05, 0) is 40.8 Å². The van der Waals surface area contributed by atoms with Gasteiger partial charge in [-0.15, -0.1) is 0 Å². The fourth-order valence-corrected chi connectivity index (χ4v) is 3.13. The number of halogens is 3. The van der Waals surface area contributed by atoms with Crippen LogP contribution in [0.25, 0.3) is 11.0 Å². The average Bonchev–Trinajstić information content (AvgIpc) is 2.90. The number of H-pyrrole nitrogens is 1. The molecule has 0 bridgehead atoms. The van der Waals surface area contributed by atoms with Gasteiger partial charge in [0, 0.05) is 26.4 Å². The van der Waals surface area contributed by atoms with Crippen molar-refractivity contribution in [1.29, 1.82) is 0 Å². The lowest BCUT2D eigenvalue weighted by molar-refractivity contribution is 0.465. The van der Waals surface area contributed by atoms with Gasteiger partial charge in [-0.3, -0.25) is 0 Å². The monoisotopic (exact) mass is 474 g/mol. The number of aromatic nitrogens is 2. The topological polar surface area (TPSA) is 53.5 Å². The number of nitrogens with zero attached hydrogens (tertiary/aromatic N) is 3. The number of ether oxygens (including phenoxy) is 1. The van der Waals surface area contributed by atoms with E-state index in [9.17, 15) is 0 Å². The Labute approximate surface area is 162 Å². The highest BCUT2D eigenvalue weighted by Gasteiger charge is 2.13. The Hall–Kier alpha value is -1.51. The zero-order valence-electron chi connectivity index (χ0n) is 12.8. The van der Waals surface area contributed by atoms with Crippen LogP contribution in [0.2, 0.25) is 10.0 Å². The van der Waals surface area contributed by atoms with Crippen LogP contribution in [0.5, 0.6) is 11.6 Å². The summed E-state index contributed by atoms with van der Waals surface area (Å²) >= 11 is 14.8. The highest BCUT2D eigenvalue weighted by atomic mass is 127. The first kappa shape index (κ1) is 17.3. The number of aliphatic imine (C=N–C) groups is 1. The fraction of sp³-hybridized carbons (Fsp3) is 0.125. The average molecular weight is 475 g/mol. The summed E-state index contributed by atoms with van der Waals surface area (Å²) in [5, 5.41) is 0.748. The van der Waals surface area contributed by atoms with Crippen LogP contribution in [0.4, 0.5) is 5.69 Å². The molecule has 0 aliphatic rings. The number of rotatable bonds is 4. The third-order valence-corrected chi connectivity index (χ3v) is 4.46. The smallest absolute Gasteiger partial charge is 0.220 e. The Morgan fingerprint density at radius 1 is 1.25 bits per heavy atom. The Morgan fingerprint density at radius 2 is 1.96 bits per heavy atom. The molecule has 0 amide bonds. The molecule has 0 fully saturated rings. The Morgan fingerprint density at radius 3 is 2.62 bits per heavy atom. The first-order valence-electron chi connectivity index (χ1n) is 6.95. The number of nitrogens with one attached hydrogen (secondary N) is 1. The van der Waals surface area contributed by atoms with Crippen molar-refractivity contribution in [3.05, 3.63) is 44.1 Å². The van der Waals surface area contributed by atoms with Crippen molar-refractivity contribution in [2.75, 3.05) is 14.1 Å². The molecule has 3 aromatic rings. The zero-order valence-corrected chi connectivity index (χ0v) is 16.5. The number of aromatic amines is 1. The second-order valence-corrected chi connectivity index (χ2v) is 7.21. The third-order valence-electron chi connectivity index (χ3n) is 3.08. The molecule has 124 valence electrons. The molecule has 1 aromatic carbocycles. The van der Waals surface area contributed by atoms with Crippen LogP contribution in [0.1, 0.15) is 0 Å². The van der Waals surface area contributed by atoms with Crippen LogP contribution < -0.4 is 4.74 Å². The number of hydrogen-bond acceptors (Lipinski definition) is 3. The van der Waals surface area contributed by atoms with E-state index in [0.29, 0.717) is 27.4 Å². The predicted octanol–water partition coefficient (Wildman–Crippen LogP) is 5.49. The highest BCUT2D eigenvalue weighted by molar-refractivity contribution is 14.1. The van der Waals surface area contributed by atoms with Crippen molar-refractivity contribution < 1.29 is 4.74 Å². The van der Waals surface area contributed by atoms with E-state index in [4.69, 9.17) is 27.9 Å². The lowest BCUT2D eigenvalue weighted by Crippen LogP contribution is -2.06. The molecule has 24 heavy (non-hydrogen) atoms. The second-order valence-electron chi connectivity index (χ2n) is 5.23. The van der Waals surface area contributed by atoms with Crippen molar-refractivity contribution >= 4 is 68.9 Å². The Bertz CT molecular complexity index is 901. The Balaban J connectivity index is 1.92. The largest absolute Gasteiger partial charge is 0.436 e. The van der Waals surface area contributed by atoms with Crippen LogP contribution in [0.3, 0.4) is 0 Å². The normalized spacial score (nSPS) is 11.4. The van der Waals surface area contributed by atoms with Crippen molar-refractivity contribution in [2.24, 2.45) is 4.99 Å². The molecular formula is C16H13Cl2IN4O. The minimum absolute atomic E-state index is 0.361. The van der Waals surface area contributed by atoms with Gasteiger partial charge in [-0.25, -0.2) is 9.98 Å². The number of benzene rings is 1. The maximum atomic E-state index is 6.30. The summed E-state index contributed by atoms with van der Waals surface area (Å²) in [7, 11) is 3.77. The molecule has 2 heterocycles. The fourth-order valence-electron chi connectivity index (χ4n) is 2.01. The molecule has 2 aromatic heterocycles. The van der Waals surface area contributed by atoms with Gasteiger partial charge in [-0.2, -0.15) is 0 Å². The molecule has 0 spiro atoms. The third kappa shape index (κ3) is 3.76. The molecule has 0 radical (unpaired) electrons. The Kier molecular flexibility index (Phi) is 5.17. The van der Waals surface area contributed by atoms with E-state index in [1.807, 2.05) is 31.3 Å². The van der Waals surface area contributed by atoms with Gasteiger partial charge in [0.15, 0.2) is 5.75 Å². The van der Waals surface area contributed by atoms with E-state index in [2.05, 4.69) is 37.6 Å². The van der Waals surface area contributed by atoms with Crippen molar-refractivity contribution in [2.45, 2.75) is 0 Å². The van der Waals surface area contributed by atoms with E-state index in [-0.39, 0.29) is 0 Å². The van der Waals surface area contributed by atoms with Crippen molar-refractivity contribution in [3.63, 3.8) is 0 Å². The summed E-state index contributed by atoms with van der Waals surface area (Å²) in [5.41, 5.74) is 2.43. The summed E-state index contributed by atoms with van der Waals surface area (Å²) in [6.07, 6.45) is 3.56. The number of fused-ring (bicyclic) bond motifs is 1. The molecule has 5 nitrogen and oxygen atoms in total. The molecule has 0 unspecified atom stereocenters. The minimum atomic E-state index is 0.361. The number of pyridine rings is 1. The summed E-state index contributed by atoms with van der Waals surface area (Å²) in [4.78, 5) is 13.7. The van der Waals surface area contributed by atoms with Crippen LogP contribution in [0.15, 0.2) is 35.5 Å². The van der Waals surface area contributed by atoms with E-state index < -0.39 is 0 Å². The predicted molar refractivity (Wildman–Crippen MR) is 107 cm³/mol. The SMILES string of the molecule is CN(C)/C=N/c1cc(Cl)c(Oc2ccc3[nH]cc(I)c3n2)c(Cl)c1. The van der Waals surface area contributed by atoms with Gasteiger partial charge >= 0.3 is 0 Å². The maximum Gasteiger partial charge on any atom is 0.220 e. The van der Waals surface area contributed by atoms with Crippen molar-refractivity contribution in [1.82, 2.24) is 14.9 Å². The van der Waals surface area contributed by atoms with Crippen LogP contribution in [0, 0.1) is 3.57 Å². The van der Waals surface area contributed by atoms with Gasteiger partial charge in [-0.1, -0.05) is 23.2 Å². The van der Waals surface area contributed by atoms with Crippen molar-refractivity contribution in [3.8, 4) is 11.6 Å². The number of hydrogen-bond donors (Lipinski definition) is 1. The molecule has 0 saturated heterocycles. The molecule has 1 N–H and O–H groups in total. The van der Waals surface area contributed by atoms with E-state index >= 15 is 0 Å². The van der Waals surface area contributed by atoms with Gasteiger partial charge in [0.2, 0.25) is 5.88 Å². The maximum absolute atomic E-state index is 6.30. The summed E-state index contributed by atoms with van der Waals surface area (Å²) < 4.78 is 6.81. The lowest BCUT2D eigenvalue weighted by Gasteiger charge is -2.10. The minimum Gasteiger partial charge on any atom is -0.436 e. The standard InChI is InChI=1S/C16H13Cl2IN4O/c1-23(2)8-21-9-5-10(17)16(11(18)6-9)24-14-4-3-13-15(22-14)12(19)7-20-13/h3-8,20H,1-2H3/b21-8+. The molecule has 0 aliphatic heterocycles. The highest BCUT2D eigenvalue weighted by Crippen LogP contribution is 2.39. The summed E-state index contributed by atoms with van der Waals surface area (Å²) in [5.74, 6) is 0.785. The quantitative estimate of drug-likeness (QED) is 0.309. The first-order chi connectivity index (χ1) is 11.4. The van der Waals surface area contributed by atoms with Crippen LogP contribution in [-0.2, 0) is 0 Å². The molecular weight excluding hydrogens is 462 g/mol. The molecule has 8 heteroatoms. The van der Waals surface area contributed by atoms with Crippen LogP contribution >= 0.6 is 45.8 Å². The molecule has 0 atom stereocenters. The molecule has 0 saturated carbocycles. The van der Waals surface area contributed by atoms with Crippen LogP contribution in [-0.4, -0.2) is 35.3 Å². The first-order valence-corrected chi connectivity index (χ1v) is 8.78. The molecule has 3 rings (SSSR count). The van der Waals surface area contributed by atoms with Gasteiger partial charge in [0.25, 0.3) is 0 Å². The lowest BCUT2D eigenvalue weighted by atomic mass is 10.3. The van der Waals surface area contributed by atoms with E-state index in [1.165, 1.54) is 0 Å². The summed E-state index contributed by atoms with van der Waals surface area (Å²) in [6.45, 7) is 0. The van der Waals surface area contributed by atoms with Gasteiger partial charge in [0.05, 0.1) is 31.2 Å².